The van der Waals surface area contributed by atoms with Crippen LogP contribution in [0.5, 0.6) is 5.75 Å². The number of ether oxygens (including phenoxy) is 1. The van der Waals surface area contributed by atoms with Crippen LogP contribution in [-0.2, 0) is 9.59 Å². The van der Waals surface area contributed by atoms with Gasteiger partial charge in [-0.15, -0.1) is 0 Å². The Morgan fingerprint density at radius 2 is 1.60 bits per heavy atom. The third-order valence-electron chi connectivity index (χ3n) is 4.23. The van der Waals surface area contributed by atoms with Crippen molar-refractivity contribution in [3.8, 4) is 5.75 Å². The number of benzene rings is 2. The molecule has 2 aromatic carbocycles. The van der Waals surface area contributed by atoms with Gasteiger partial charge in [-0.25, -0.2) is 0 Å². The first kappa shape index (κ1) is 23.0. The molecule has 0 unspecified atom stereocenters. The van der Waals surface area contributed by atoms with Gasteiger partial charge in [0, 0.05) is 23.5 Å². The van der Waals surface area contributed by atoms with E-state index in [-0.39, 0.29) is 18.4 Å². The van der Waals surface area contributed by atoms with Crippen molar-refractivity contribution < 1.29 is 14.3 Å². The molecule has 0 fully saturated rings. The molecule has 30 heavy (non-hydrogen) atoms. The number of anilines is 3. The molecule has 2 amide bonds. The van der Waals surface area contributed by atoms with Crippen LogP contribution in [0.4, 0.5) is 17.1 Å². The van der Waals surface area contributed by atoms with Crippen molar-refractivity contribution in [2.24, 2.45) is 0 Å². The second-order valence-electron chi connectivity index (χ2n) is 7.26. The molecule has 0 radical (unpaired) electrons. The molecule has 0 heterocycles. The van der Waals surface area contributed by atoms with E-state index < -0.39 is 0 Å². The van der Waals surface area contributed by atoms with Gasteiger partial charge in [-0.1, -0.05) is 32.4 Å². The molecule has 0 saturated heterocycles. The lowest BCUT2D eigenvalue weighted by Crippen LogP contribution is -2.21. The molecule has 6 nitrogen and oxygen atoms in total. The maximum atomic E-state index is 12.2. The lowest BCUT2D eigenvalue weighted by molar-refractivity contribution is -0.116. The minimum absolute atomic E-state index is 0.00993. The molecule has 2 rings (SSSR count). The van der Waals surface area contributed by atoms with E-state index in [1.807, 2.05) is 37.3 Å². The monoisotopic (exact) mass is 409 g/mol. The molecule has 3 N–H and O–H groups in total. The number of amides is 2. The molecule has 0 aromatic heterocycles. The second kappa shape index (κ2) is 12.3. The molecule has 0 aliphatic rings. The molecule has 0 saturated carbocycles. The summed E-state index contributed by atoms with van der Waals surface area (Å²) in [7, 11) is 0. The molecule has 0 spiro atoms. The zero-order valence-corrected chi connectivity index (χ0v) is 17.8. The highest BCUT2D eigenvalue weighted by atomic mass is 16.5. The highest BCUT2D eigenvalue weighted by molar-refractivity contribution is 5.95. The molecule has 2 aromatic rings. The van der Waals surface area contributed by atoms with E-state index in [0.29, 0.717) is 24.4 Å². The van der Waals surface area contributed by atoms with Crippen LogP contribution < -0.4 is 20.7 Å². The lowest BCUT2D eigenvalue weighted by Gasteiger charge is -2.11. The van der Waals surface area contributed by atoms with Crippen molar-refractivity contribution in [3.05, 3.63) is 60.7 Å². The van der Waals surface area contributed by atoms with E-state index in [0.717, 1.165) is 36.3 Å². The lowest BCUT2D eigenvalue weighted by atomic mass is 10.2. The predicted molar refractivity (Wildman–Crippen MR) is 123 cm³/mol. The molecule has 0 aliphatic carbocycles. The highest BCUT2D eigenvalue weighted by Crippen LogP contribution is 2.17. The highest BCUT2D eigenvalue weighted by Gasteiger charge is 2.06. The van der Waals surface area contributed by atoms with Crippen molar-refractivity contribution in [1.29, 1.82) is 0 Å². The summed E-state index contributed by atoms with van der Waals surface area (Å²) in [5, 5.41) is 8.78. The number of carbonyl (C=O) groups is 2. The number of carbonyl (C=O) groups excluding carboxylic acids is 2. The van der Waals surface area contributed by atoms with Gasteiger partial charge < -0.3 is 20.7 Å². The fraction of sp³-hybridized carbons (Fsp3) is 0.333. The summed E-state index contributed by atoms with van der Waals surface area (Å²) in [4.78, 5) is 24.2. The van der Waals surface area contributed by atoms with Gasteiger partial charge in [-0.2, -0.15) is 0 Å². The summed E-state index contributed by atoms with van der Waals surface area (Å²) in [6.45, 7) is 8.42. The van der Waals surface area contributed by atoms with Crippen LogP contribution in [0.3, 0.4) is 0 Å². The Morgan fingerprint density at radius 3 is 2.23 bits per heavy atom. The quantitative estimate of drug-likeness (QED) is 0.332. The van der Waals surface area contributed by atoms with Crippen molar-refractivity contribution >= 4 is 28.9 Å². The SMILES string of the molecule is C=C(C)COc1ccc(NCC(=O)Nc2cccc(NC(=O)CCCCC)c2)cc1. The number of hydrogen-bond acceptors (Lipinski definition) is 4. The van der Waals surface area contributed by atoms with Crippen molar-refractivity contribution in [2.45, 2.75) is 39.5 Å². The Hall–Kier alpha value is -3.28. The maximum Gasteiger partial charge on any atom is 0.243 e. The number of nitrogens with one attached hydrogen (secondary N) is 3. The van der Waals surface area contributed by atoms with E-state index in [2.05, 4.69) is 29.5 Å². The first-order valence-corrected chi connectivity index (χ1v) is 10.3. The summed E-state index contributed by atoms with van der Waals surface area (Å²) in [5.74, 6) is 0.565. The number of rotatable bonds is 12. The maximum absolute atomic E-state index is 12.2. The number of unbranched alkanes of at least 4 members (excludes halogenated alkanes) is 2. The van der Waals surface area contributed by atoms with Gasteiger partial charge in [0.05, 0.1) is 6.54 Å². The van der Waals surface area contributed by atoms with Crippen LogP contribution >= 0.6 is 0 Å². The largest absolute Gasteiger partial charge is 0.489 e. The minimum atomic E-state index is -0.177. The standard InChI is InChI=1S/C24H31N3O3/c1-4-5-6-10-23(28)26-20-8-7-9-21(15-20)27-24(29)16-25-19-11-13-22(14-12-19)30-17-18(2)3/h7-9,11-15,25H,2,4-6,10,16-17H2,1,3H3,(H,26,28)(H,27,29). The Bertz CT molecular complexity index is 847. The van der Waals surface area contributed by atoms with Crippen LogP contribution in [0.2, 0.25) is 0 Å². The van der Waals surface area contributed by atoms with Crippen molar-refractivity contribution in [3.63, 3.8) is 0 Å². The zero-order valence-electron chi connectivity index (χ0n) is 17.8. The Balaban J connectivity index is 1.79. The van der Waals surface area contributed by atoms with Gasteiger partial charge in [-0.05, 0) is 61.4 Å². The average molecular weight is 410 g/mol. The van der Waals surface area contributed by atoms with Crippen LogP contribution in [-0.4, -0.2) is 25.0 Å². The molecular formula is C24H31N3O3. The smallest absolute Gasteiger partial charge is 0.243 e. The molecule has 160 valence electrons. The summed E-state index contributed by atoms with van der Waals surface area (Å²) in [5.41, 5.74) is 3.08. The summed E-state index contributed by atoms with van der Waals surface area (Å²) in [6, 6.07) is 14.6. The van der Waals surface area contributed by atoms with E-state index in [9.17, 15) is 9.59 Å². The summed E-state index contributed by atoms with van der Waals surface area (Å²) in [6.07, 6.45) is 3.51. The Kier molecular flexibility index (Phi) is 9.45. The molecular weight excluding hydrogens is 378 g/mol. The van der Waals surface area contributed by atoms with Crippen LogP contribution in [0.1, 0.15) is 39.5 Å². The topological polar surface area (TPSA) is 79.5 Å². The van der Waals surface area contributed by atoms with E-state index >= 15 is 0 Å². The van der Waals surface area contributed by atoms with Gasteiger partial charge in [0.1, 0.15) is 12.4 Å². The Morgan fingerprint density at radius 1 is 0.933 bits per heavy atom. The van der Waals surface area contributed by atoms with Crippen LogP contribution in [0.25, 0.3) is 0 Å². The molecule has 6 heteroatoms. The Labute approximate surface area is 178 Å². The first-order chi connectivity index (χ1) is 14.5. The summed E-state index contributed by atoms with van der Waals surface area (Å²) < 4.78 is 5.56. The van der Waals surface area contributed by atoms with Gasteiger partial charge >= 0.3 is 0 Å². The van der Waals surface area contributed by atoms with Crippen LogP contribution in [0, 0.1) is 0 Å². The molecule has 0 atom stereocenters. The minimum Gasteiger partial charge on any atom is -0.489 e. The van der Waals surface area contributed by atoms with Crippen molar-refractivity contribution in [1.82, 2.24) is 0 Å². The third-order valence-corrected chi connectivity index (χ3v) is 4.23. The summed E-state index contributed by atoms with van der Waals surface area (Å²) >= 11 is 0. The van der Waals surface area contributed by atoms with Crippen molar-refractivity contribution in [2.75, 3.05) is 29.1 Å². The zero-order chi connectivity index (χ0) is 21.8. The molecule has 0 bridgehead atoms. The first-order valence-electron chi connectivity index (χ1n) is 10.3. The average Bonchev–Trinajstić information content (AvgIpc) is 2.72. The van der Waals surface area contributed by atoms with E-state index in [1.165, 1.54) is 0 Å². The van der Waals surface area contributed by atoms with E-state index in [4.69, 9.17) is 4.74 Å². The normalized spacial score (nSPS) is 10.2. The van der Waals surface area contributed by atoms with E-state index in [1.54, 1.807) is 18.2 Å². The van der Waals surface area contributed by atoms with Crippen LogP contribution in [0.15, 0.2) is 60.7 Å². The molecule has 0 aliphatic heterocycles. The second-order valence-corrected chi connectivity index (χ2v) is 7.26. The van der Waals surface area contributed by atoms with Gasteiger partial charge in [0.25, 0.3) is 0 Å². The van der Waals surface area contributed by atoms with Gasteiger partial charge in [0.2, 0.25) is 11.8 Å². The predicted octanol–water partition coefficient (Wildman–Crippen LogP) is 5.21. The van der Waals surface area contributed by atoms with Gasteiger partial charge in [-0.3, -0.25) is 9.59 Å². The fourth-order valence-electron chi connectivity index (χ4n) is 2.70. The van der Waals surface area contributed by atoms with Gasteiger partial charge in [0.15, 0.2) is 0 Å². The third kappa shape index (κ3) is 8.82. The fourth-order valence-corrected chi connectivity index (χ4v) is 2.70. The number of hydrogen-bond donors (Lipinski definition) is 3.